The van der Waals surface area contributed by atoms with Crippen LogP contribution in [-0.2, 0) is 19.1 Å². The summed E-state index contributed by atoms with van der Waals surface area (Å²) in [6, 6.07) is 0. The molecular weight excluding hydrogens is 200 g/mol. The average Bonchev–Trinajstić information content (AvgIpc) is 2.18. The van der Waals surface area contributed by atoms with Gasteiger partial charge in [0, 0.05) is 0 Å². The molecule has 0 aromatic rings. The minimum Gasteiger partial charge on any atom is -0.466 e. The Balaban J connectivity index is 3.99. The number of carbonyl (C=O) groups excluding carboxylic acids is 2. The smallest absolute Gasteiger partial charge is 0.334 e. The lowest BCUT2D eigenvalue weighted by Crippen LogP contribution is -2.28. The van der Waals surface area contributed by atoms with E-state index in [0.717, 1.165) is 0 Å². The van der Waals surface area contributed by atoms with E-state index in [2.05, 4.69) is 4.74 Å². The molecule has 0 radical (unpaired) electrons. The van der Waals surface area contributed by atoms with E-state index >= 15 is 0 Å². The molecule has 0 amide bonds. The summed E-state index contributed by atoms with van der Waals surface area (Å²) in [7, 11) is 0. The van der Waals surface area contributed by atoms with Crippen molar-refractivity contribution in [3.8, 4) is 0 Å². The molecule has 0 spiro atoms. The number of rotatable bonds is 6. The molecule has 0 saturated heterocycles. The molecule has 0 aliphatic rings. The van der Waals surface area contributed by atoms with E-state index in [4.69, 9.17) is 4.74 Å². The first-order valence-corrected chi connectivity index (χ1v) is 5.04. The van der Waals surface area contributed by atoms with Crippen LogP contribution in [-0.4, -0.2) is 36.4 Å². The van der Waals surface area contributed by atoms with Crippen molar-refractivity contribution >= 4 is 11.9 Å². The Morgan fingerprint density at radius 2 is 1.60 bits per heavy atom. The number of esters is 2. The fraction of sp³-hybridized carbons (Fsp3) is 0.800. The summed E-state index contributed by atoms with van der Waals surface area (Å²) in [6.07, 6.45) is -1.23. The minimum atomic E-state index is -1.26. The van der Waals surface area contributed by atoms with Gasteiger partial charge in [-0.15, -0.1) is 0 Å². The maximum absolute atomic E-state index is 11.2. The molecule has 15 heavy (non-hydrogen) atoms. The van der Waals surface area contributed by atoms with Gasteiger partial charge in [0.05, 0.1) is 19.1 Å². The first kappa shape index (κ1) is 13.9. The van der Waals surface area contributed by atoms with Crippen LogP contribution in [0.4, 0.5) is 0 Å². The van der Waals surface area contributed by atoms with E-state index in [9.17, 15) is 14.7 Å². The predicted molar refractivity (Wildman–Crippen MR) is 53.1 cm³/mol. The van der Waals surface area contributed by atoms with Crippen molar-refractivity contribution in [2.75, 3.05) is 13.2 Å². The molecule has 0 aliphatic carbocycles. The van der Waals surface area contributed by atoms with Gasteiger partial charge in [-0.05, 0) is 20.3 Å². The van der Waals surface area contributed by atoms with Gasteiger partial charge < -0.3 is 14.6 Å². The highest BCUT2D eigenvalue weighted by molar-refractivity contribution is 5.77. The van der Waals surface area contributed by atoms with Crippen LogP contribution in [0, 0.1) is 5.92 Å². The standard InChI is InChI=1S/C10H18O5/c1-4-14-9(12)7(3)6-8(11)10(13)15-5-2/h7-8,11H,4-6H2,1-3H3/t7-,8-/m0/s1. The summed E-state index contributed by atoms with van der Waals surface area (Å²) >= 11 is 0. The normalized spacial score (nSPS) is 14.1. The average molecular weight is 218 g/mol. The molecule has 0 saturated carbocycles. The van der Waals surface area contributed by atoms with E-state index in [1.807, 2.05) is 0 Å². The van der Waals surface area contributed by atoms with Crippen LogP contribution in [0.5, 0.6) is 0 Å². The zero-order valence-electron chi connectivity index (χ0n) is 9.36. The Morgan fingerprint density at radius 1 is 1.13 bits per heavy atom. The van der Waals surface area contributed by atoms with Gasteiger partial charge in [-0.2, -0.15) is 0 Å². The van der Waals surface area contributed by atoms with Crippen LogP contribution in [0.1, 0.15) is 27.2 Å². The number of aliphatic hydroxyl groups excluding tert-OH is 1. The number of hydrogen-bond donors (Lipinski definition) is 1. The molecule has 5 nitrogen and oxygen atoms in total. The molecule has 0 bridgehead atoms. The van der Waals surface area contributed by atoms with Crippen LogP contribution >= 0.6 is 0 Å². The summed E-state index contributed by atoms with van der Waals surface area (Å²) in [4.78, 5) is 22.2. The number of hydrogen-bond acceptors (Lipinski definition) is 5. The van der Waals surface area contributed by atoms with E-state index in [1.165, 1.54) is 0 Å². The van der Waals surface area contributed by atoms with Gasteiger partial charge in [0.25, 0.3) is 0 Å². The third-order valence-corrected chi connectivity index (χ3v) is 1.82. The Labute approximate surface area is 89.4 Å². The third kappa shape index (κ3) is 5.37. The highest BCUT2D eigenvalue weighted by Gasteiger charge is 2.23. The van der Waals surface area contributed by atoms with E-state index in [0.29, 0.717) is 6.61 Å². The van der Waals surface area contributed by atoms with Crippen LogP contribution in [0.2, 0.25) is 0 Å². The van der Waals surface area contributed by atoms with Crippen molar-refractivity contribution in [3.05, 3.63) is 0 Å². The van der Waals surface area contributed by atoms with Crippen molar-refractivity contribution < 1.29 is 24.2 Å². The SMILES string of the molecule is CCOC(=O)[C@@H](C)C[C@H](O)C(=O)OCC. The Kier molecular flexibility index (Phi) is 6.70. The monoisotopic (exact) mass is 218 g/mol. The van der Waals surface area contributed by atoms with Crippen LogP contribution in [0.3, 0.4) is 0 Å². The first-order chi connectivity index (χ1) is 7.02. The fourth-order valence-corrected chi connectivity index (χ4v) is 1.05. The highest BCUT2D eigenvalue weighted by atomic mass is 16.5. The summed E-state index contributed by atoms with van der Waals surface area (Å²) in [5, 5.41) is 9.35. The molecular formula is C10H18O5. The highest BCUT2D eigenvalue weighted by Crippen LogP contribution is 2.09. The summed E-state index contributed by atoms with van der Waals surface area (Å²) < 4.78 is 9.35. The van der Waals surface area contributed by atoms with Gasteiger partial charge in [0.2, 0.25) is 0 Å². The fourth-order valence-electron chi connectivity index (χ4n) is 1.05. The molecule has 0 rings (SSSR count). The first-order valence-electron chi connectivity index (χ1n) is 5.04. The van der Waals surface area contributed by atoms with E-state index in [1.54, 1.807) is 20.8 Å². The third-order valence-electron chi connectivity index (χ3n) is 1.82. The molecule has 2 atom stereocenters. The van der Waals surface area contributed by atoms with Crippen LogP contribution in [0.15, 0.2) is 0 Å². The van der Waals surface area contributed by atoms with Crippen LogP contribution < -0.4 is 0 Å². The lowest BCUT2D eigenvalue weighted by atomic mass is 10.0. The van der Waals surface area contributed by atoms with Gasteiger partial charge in [-0.1, -0.05) is 6.92 Å². The van der Waals surface area contributed by atoms with E-state index in [-0.39, 0.29) is 13.0 Å². The molecule has 88 valence electrons. The molecule has 0 fully saturated rings. The molecule has 5 heteroatoms. The lowest BCUT2D eigenvalue weighted by Gasteiger charge is -2.14. The number of carbonyl (C=O) groups is 2. The Hall–Kier alpha value is -1.10. The van der Waals surface area contributed by atoms with Crippen molar-refractivity contribution in [2.24, 2.45) is 5.92 Å². The second-order valence-electron chi connectivity index (χ2n) is 3.16. The van der Waals surface area contributed by atoms with Gasteiger partial charge in [0.15, 0.2) is 6.10 Å². The number of ether oxygens (including phenoxy) is 2. The second-order valence-corrected chi connectivity index (χ2v) is 3.16. The second kappa shape index (κ2) is 7.23. The maximum Gasteiger partial charge on any atom is 0.334 e. The quantitative estimate of drug-likeness (QED) is 0.657. The minimum absolute atomic E-state index is 0.0255. The van der Waals surface area contributed by atoms with Crippen molar-refractivity contribution in [1.82, 2.24) is 0 Å². The van der Waals surface area contributed by atoms with Crippen molar-refractivity contribution in [1.29, 1.82) is 0 Å². The molecule has 0 aromatic heterocycles. The molecule has 0 unspecified atom stereocenters. The molecule has 1 N–H and O–H groups in total. The van der Waals surface area contributed by atoms with Crippen molar-refractivity contribution in [2.45, 2.75) is 33.3 Å². The maximum atomic E-state index is 11.2. The summed E-state index contributed by atoms with van der Waals surface area (Å²) in [5.74, 6) is -1.63. The lowest BCUT2D eigenvalue weighted by molar-refractivity contribution is -0.156. The molecule has 0 aromatic carbocycles. The number of aliphatic hydroxyl groups is 1. The topological polar surface area (TPSA) is 72.8 Å². The van der Waals surface area contributed by atoms with Crippen LogP contribution in [0.25, 0.3) is 0 Å². The van der Waals surface area contributed by atoms with Gasteiger partial charge in [-0.25, -0.2) is 4.79 Å². The molecule has 0 heterocycles. The van der Waals surface area contributed by atoms with E-state index < -0.39 is 24.0 Å². The summed E-state index contributed by atoms with van der Waals surface area (Å²) in [5.41, 5.74) is 0. The van der Waals surface area contributed by atoms with Gasteiger partial charge in [-0.3, -0.25) is 4.79 Å². The largest absolute Gasteiger partial charge is 0.466 e. The summed E-state index contributed by atoms with van der Waals surface area (Å²) in [6.45, 7) is 5.45. The zero-order chi connectivity index (χ0) is 11.8. The predicted octanol–water partition coefficient (Wildman–Crippen LogP) is 0.500. The van der Waals surface area contributed by atoms with Gasteiger partial charge in [0.1, 0.15) is 0 Å². The van der Waals surface area contributed by atoms with Gasteiger partial charge >= 0.3 is 11.9 Å². The Bertz CT molecular complexity index is 192. The van der Waals surface area contributed by atoms with Crippen molar-refractivity contribution in [3.63, 3.8) is 0 Å². The Morgan fingerprint density at radius 3 is 2.07 bits per heavy atom. The zero-order valence-corrected chi connectivity index (χ0v) is 9.36. The molecule has 0 aliphatic heterocycles.